The Labute approximate surface area is 142 Å². The predicted molar refractivity (Wildman–Crippen MR) is 101 cm³/mol. The molecule has 23 heavy (non-hydrogen) atoms. The van der Waals surface area contributed by atoms with E-state index in [1.54, 1.807) is 0 Å². The quantitative estimate of drug-likeness (QED) is 0.647. The molecule has 2 fully saturated rings. The third-order valence-electron chi connectivity index (χ3n) is 6.55. The van der Waals surface area contributed by atoms with E-state index >= 15 is 0 Å². The van der Waals surface area contributed by atoms with E-state index in [9.17, 15) is 0 Å². The van der Waals surface area contributed by atoms with Gasteiger partial charge < -0.3 is 0 Å². The van der Waals surface area contributed by atoms with Gasteiger partial charge in [-0.05, 0) is 0 Å². The molecular formula is C20H33O2P. The molecule has 2 aliphatic rings. The maximum absolute atomic E-state index is 6.65. The summed E-state index contributed by atoms with van der Waals surface area (Å²) in [6.07, 6.45) is 13.1. The summed E-state index contributed by atoms with van der Waals surface area (Å²) >= 11 is 0. The average molecular weight is 336 g/mol. The molecule has 0 heterocycles. The normalized spacial score (nSPS) is 23.3. The van der Waals surface area contributed by atoms with E-state index in [1.165, 1.54) is 69.5 Å². The third kappa shape index (κ3) is 2.68. The van der Waals surface area contributed by atoms with Crippen LogP contribution < -0.4 is 5.30 Å². The standard InChI is InChI=1S/C20H33O2P/c1-21-23(22-2,18-12-6-3-7-13-18,19-14-8-4-9-15-19)20-16-10-5-11-17-20/h3,6-7,12-13,19-20H,4-5,8-11,14-17H2,1-2H3. The van der Waals surface area contributed by atoms with Crippen LogP contribution in [0.25, 0.3) is 0 Å². The van der Waals surface area contributed by atoms with E-state index < -0.39 is 7.06 Å². The van der Waals surface area contributed by atoms with E-state index in [2.05, 4.69) is 30.3 Å². The molecule has 2 saturated carbocycles. The first-order valence-electron chi connectivity index (χ1n) is 9.47. The molecule has 0 radical (unpaired) electrons. The Morgan fingerprint density at radius 3 is 1.52 bits per heavy atom. The van der Waals surface area contributed by atoms with Gasteiger partial charge in [0.2, 0.25) is 0 Å². The Morgan fingerprint density at radius 1 is 0.696 bits per heavy atom. The SMILES string of the molecule is COP(OC)(c1ccccc1)(C1CCCCC1)C1CCCCC1. The molecule has 0 atom stereocenters. The number of hydrogen-bond donors (Lipinski definition) is 0. The van der Waals surface area contributed by atoms with Gasteiger partial charge in [-0.2, -0.15) is 0 Å². The monoisotopic (exact) mass is 336 g/mol. The molecule has 3 rings (SSSR count). The van der Waals surface area contributed by atoms with Crippen molar-refractivity contribution in [2.75, 3.05) is 14.2 Å². The van der Waals surface area contributed by atoms with Crippen LogP contribution in [0.1, 0.15) is 64.2 Å². The van der Waals surface area contributed by atoms with Crippen LogP contribution in [0.3, 0.4) is 0 Å². The summed E-state index contributed by atoms with van der Waals surface area (Å²) in [5.74, 6) is 0. The fourth-order valence-electron chi connectivity index (χ4n) is 5.46. The van der Waals surface area contributed by atoms with Gasteiger partial charge in [-0.3, -0.25) is 0 Å². The van der Waals surface area contributed by atoms with Gasteiger partial charge in [0, 0.05) is 0 Å². The summed E-state index contributed by atoms with van der Waals surface area (Å²) < 4.78 is 13.3. The van der Waals surface area contributed by atoms with E-state index in [4.69, 9.17) is 9.05 Å². The summed E-state index contributed by atoms with van der Waals surface area (Å²) in [6.45, 7) is 0. The molecule has 130 valence electrons. The van der Waals surface area contributed by atoms with Crippen LogP contribution in [0, 0.1) is 0 Å². The zero-order valence-electron chi connectivity index (χ0n) is 14.9. The van der Waals surface area contributed by atoms with Crippen molar-refractivity contribution >= 4 is 12.4 Å². The second-order valence-electron chi connectivity index (χ2n) is 7.37. The van der Waals surface area contributed by atoms with Gasteiger partial charge in [-0.1, -0.05) is 0 Å². The van der Waals surface area contributed by atoms with Crippen molar-refractivity contribution < 1.29 is 9.05 Å². The number of hydrogen-bond acceptors (Lipinski definition) is 2. The van der Waals surface area contributed by atoms with Crippen molar-refractivity contribution in [1.82, 2.24) is 0 Å². The number of benzene rings is 1. The Kier molecular flexibility index (Phi) is 5.46. The summed E-state index contributed by atoms with van der Waals surface area (Å²) in [7, 11) is 1.01. The van der Waals surface area contributed by atoms with Crippen molar-refractivity contribution in [3.05, 3.63) is 30.3 Å². The summed E-state index contributed by atoms with van der Waals surface area (Å²) in [6, 6.07) is 11.0. The van der Waals surface area contributed by atoms with Crippen molar-refractivity contribution in [2.24, 2.45) is 0 Å². The summed E-state index contributed by atoms with van der Waals surface area (Å²) in [4.78, 5) is 0. The first-order valence-corrected chi connectivity index (χ1v) is 11.7. The van der Waals surface area contributed by atoms with Crippen molar-refractivity contribution in [2.45, 2.75) is 75.5 Å². The second-order valence-corrected chi connectivity index (χ2v) is 12.2. The molecule has 1 aromatic rings. The zero-order chi connectivity index (χ0) is 16.2. The summed E-state index contributed by atoms with van der Waals surface area (Å²) in [5, 5.41) is 1.36. The first kappa shape index (κ1) is 17.4. The minimum absolute atomic E-state index is 0.579. The van der Waals surface area contributed by atoms with Gasteiger partial charge in [0.15, 0.2) is 0 Å². The zero-order valence-corrected chi connectivity index (χ0v) is 15.8. The molecular weight excluding hydrogens is 303 g/mol. The molecule has 2 aliphatic carbocycles. The minimum atomic E-state index is -2.87. The van der Waals surface area contributed by atoms with Crippen LogP contribution in [0.4, 0.5) is 0 Å². The van der Waals surface area contributed by atoms with Crippen LogP contribution in [-0.4, -0.2) is 25.5 Å². The molecule has 0 saturated heterocycles. The Hall–Kier alpha value is -0.430. The van der Waals surface area contributed by atoms with Gasteiger partial charge in [-0.15, -0.1) is 0 Å². The fraction of sp³-hybridized carbons (Fsp3) is 0.700. The molecule has 0 aromatic heterocycles. The molecule has 1 aromatic carbocycles. The van der Waals surface area contributed by atoms with E-state index in [1.807, 2.05) is 14.2 Å². The van der Waals surface area contributed by atoms with Crippen LogP contribution in [0.5, 0.6) is 0 Å². The molecule has 0 N–H and O–H groups in total. The maximum atomic E-state index is 6.65. The fourth-order valence-corrected chi connectivity index (χ4v) is 12.1. The van der Waals surface area contributed by atoms with E-state index in [0.717, 1.165) is 0 Å². The molecule has 0 amide bonds. The van der Waals surface area contributed by atoms with Gasteiger partial charge in [0.25, 0.3) is 0 Å². The van der Waals surface area contributed by atoms with Crippen LogP contribution in [0.15, 0.2) is 30.3 Å². The predicted octanol–water partition coefficient (Wildman–Crippen LogP) is 5.65. The van der Waals surface area contributed by atoms with Gasteiger partial charge in [0.05, 0.1) is 0 Å². The van der Waals surface area contributed by atoms with Crippen LogP contribution in [0.2, 0.25) is 0 Å². The third-order valence-corrected chi connectivity index (χ3v) is 13.2. The Morgan fingerprint density at radius 2 is 1.13 bits per heavy atom. The van der Waals surface area contributed by atoms with Crippen molar-refractivity contribution in [3.8, 4) is 0 Å². The molecule has 0 spiro atoms. The van der Waals surface area contributed by atoms with E-state index in [0.29, 0.717) is 11.3 Å². The second kappa shape index (κ2) is 7.21. The van der Waals surface area contributed by atoms with Crippen molar-refractivity contribution in [1.29, 1.82) is 0 Å². The average Bonchev–Trinajstić information content (AvgIpc) is 2.67. The van der Waals surface area contributed by atoms with Gasteiger partial charge >= 0.3 is 141 Å². The van der Waals surface area contributed by atoms with E-state index in [-0.39, 0.29) is 0 Å². The Bertz CT molecular complexity index is 464. The molecule has 0 unspecified atom stereocenters. The molecule has 0 aliphatic heterocycles. The van der Waals surface area contributed by atoms with Crippen LogP contribution >= 0.6 is 7.06 Å². The molecule has 3 heteroatoms. The van der Waals surface area contributed by atoms with Crippen molar-refractivity contribution in [3.63, 3.8) is 0 Å². The molecule has 2 nitrogen and oxygen atoms in total. The van der Waals surface area contributed by atoms with Gasteiger partial charge in [0.1, 0.15) is 0 Å². The Balaban J connectivity index is 2.16. The topological polar surface area (TPSA) is 18.5 Å². The number of rotatable bonds is 5. The first-order chi connectivity index (χ1) is 11.3. The molecule has 0 bridgehead atoms. The van der Waals surface area contributed by atoms with Crippen LogP contribution in [-0.2, 0) is 9.05 Å². The van der Waals surface area contributed by atoms with Gasteiger partial charge in [-0.25, -0.2) is 0 Å². The summed E-state index contributed by atoms with van der Waals surface area (Å²) in [5.41, 5.74) is 1.16.